The zero-order valence-electron chi connectivity index (χ0n) is 10.5. The highest BCUT2D eigenvalue weighted by molar-refractivity contribution is 8.15. The molecule has 0 spiro atoms. The van der Waals surface area contributed by atoms with Crippen LogP contribution in [0.4, 0.5) is 0 Å². The molecule has 0 aliphatic heterocycles. The molecule has 2 rings (SSSR count). The molecule has 0 unspecified atom stereocenters. The average Bonchev–Trinajstić information content (AvgIpc) is 2.81. The first-order valence-corrected chi connectivity index (χ1v) is 9.29. The lowest BCUT2D eigenvalue weighted by Crippen LogP contribution is -2.23. The summed E-state index contributed by atoms with van der Waals surface area (Å²) in [6, 6.07) is 1.26. The maximum Gasteiger partial charge on any atom is 0.339 e. The standard InChI is InChI=1S/C12H15ClO4S2/c1-8-2-4-10(5-3-8)17-12(14)9-6-11(18-7-9)19(13,15)16/h6-8,10H,2-5H2,1H3. The number of esters is 1. The molecule has 1 fully saturated rings. The fourth-order valence-corrected chi connectivity index (χ4v) is 4.05. The molecule has 1 aliphatic carbocycles. The number of carbonyl (C=O) groups is 1. The molecular weight excluding hydrogens is 308 g/mol. The van der Waals surface area contributed by atoms with Gasteiger partial charge in [0, 0.05) is 16.1 Å². The summed E-state index contributed by atoms with van der Waals surface area (Å²) in [6.07, 6.45) is 3.81. The van der Waals surface area contributed by atoms with Crippen LogP contribution in [0.5, 0.6) is 0 Å². The topological polar surface area (TPSA) is 60.4 Å². The third-order valence-corrected chi connectivity index (χ3v) is 6.33. The number of ether oxygens (including phenoxy) is 1. The lowest BCUT2D eigenvalue weighted by molar-refractivity contribution is 0.0174. The maximum atomic E-state index is 11.9. The zero-order valence-corrected chi connectivity index (χ0v) is 12.9. The summed E-state index contributed by atoms with van der Waals surface area (Å²) in [4.78, 5) is 11.9. The molecule has 7 heteroatoms. The van der Waals surface area contributed by atoms with Crippen molar-refractivity contribution in [3.63, 3.8) is 0 Å². The number of hydrogen-bond donors (Lipinski definition) is 0. The molecule has 0 radical (unpaired) electrons. The molecule has 106 valence electrons. The van der Waals surface area contributed by atoms with Gasteiger partial charge in [-0.2, -0.15) is 0 Å². The highest BCUT2D eigenvalue weighted by atomic mass is 35.7. The molecule has 0 atom stereocenters. The van der Waals surface area contributed by atoms with E-state index < -0.39 is 15.0 Å². The van der Waals surface area contributed by atoms with Crippen molar-refractivity contribution < 1.29 is 17.9 Å². The molecule has 1 aliphatic rings. The monoisotopic (exact) mass is 322 g/mol. The van der Waals surface area contributed by atoms with Crippen LogP contribution in [0.15, 0.2) is 15.7 Å². The Morgan fingerprint density at radius 2 is 2.00 bits per heavy atom. The second-order valence-corrected chi connectivity index (χ2v) is 8.58. The van der Waals surface area contributed by atoms with Gasteiger partial charge in [0.25, 0.3) is 9.05 Å². The van der Waals surface area contributed by atoms with Gasteiger partial charge in [-0.15, -0.1) is 11.3 Å². The van der Waals surface area contributed by atoms with Crippen molar-refractivity contribution in [2.75, 3.05) is 0 Å². The SMILES string of the molecule is CC1CCC(OC(=O)c2csc(S(=O)(=O)Cl)c2)CC1. The van der Waals surface area contributed by atoms with E-state index in [4.69, 9.17) is 15.4 Å². The molecule has 0 bridgehead atoms. The number of hydrogen-bond acceptors (Lipinski definition) is 5. The number of rotatable bonds is 3. The predicted octanol–water partition coefficient (Wildman–Crippen LogP) is 3.41. The highest BCUT2D eigenvalue weighted by Crippen LogP contribution is 2.28. The van der Waals surface area contributed by atoms with Crippen molar-refractivity contribution in [3.8, 4) is 0 Å². The van der Waals surface area contributed by atoms with Crippen LogP contribution in [0, 0.1) is 5.92 Å². The molecule has 0 amide bonds. The molecule has 1 aromatic rings. The van der Waals surface area contributed by atoms with E-state index in [2.05, 4.69) is 6.92 Å². The van der Waals surface area contributed by atoms with Gasteiger partial charge < -0.3 is 4.74 Å². The molecule has 0 N–H and O–H groups in total. The summed E-state index contributed by atoms with van der Waals surface area (Å²) in [7, 11) is 1.44. The Labute approximate surface area is 121 Å². The van der Waals surface area contributed by atoms with Crippen LogP contribution in [0.3, 0.4) is 0 Å². The fraction of sp³-hybridized carbons (Fsp3) is 0.583. The summed E-state index contributed by atoms with van der Waals surface area (Å²) in [5.41, 5.74) is 0.253. The second-order valence-electron chi connectivity index (χ2n) is 4.88. The molecule has 19 heavy (non-hydrogen) atoms. The van der Waals surface area contributed by atoms with Crippen LogP contribution in [0.25, 0.3) is 0 Å². The Morgan fingerprint density at radius 3 is 2.53 bits per heavy atom. The molecule has 0 saturated heterocycles. The van der Waals surface area contributed by atoms with Crippen molar-refractivity contribution in [1.82, 2.24) is 0 Å². The van der Waals surface area contributed by atoms with Gasteiger partial charge in [0.05, 0.1) is 5.56 Å². The van der Waals surface area contributed by atoms with Gasteiger partial charge in [-0.3, -0.25) is 0 Å². The van der Waals surface area contributed by atoms with E-state index in [1.165, 1.54) is 11.4 Å². The minimum Gasteiger partial charge on any atom is -0.459 e. The van der Waals surface area contributed by atoms with Gasteiger partial charge in [-0.05, 0) is 37.7 Å². The third-order valence-electron chi connectivity index (χ3n) is 3.29. The Morgan fingerprint density at radius 1 is 1.37 bits per heavy atom. The predicted molar refractivity (Wildman–Crippen MR) is 74.2 cm³/mol. The van der Waals surface area contributed by atoms with Gasteiger partial charge in [-0.1, -0.05) is 6.92 Å². The van der Waals surface area contributed by atoms with Crippen LogP contribution in [0.2, 0.25) is 0 Å². The van der Waals surface area contributed by atoms with Crippen LogP contribution in [-0.4, -0.2) is 20.5 Å². The molecule has 1 saturated carbocycles. The van der Waals surface area contributed by atoms with E-state index in [1.807, 2.05) is 0 Å². The van der Waals surface area contributed by atoms with Crippen LogP contribution in [0.1, 0.15) is 43.0 Å². The van der Waals surface area contributed by atoms with Gasteiger partial charge in [0.2, 0.25) is 0 Å². The van der Waals surface area contributed by atoms with E-state index in [9.17, 15) is 13.2 Å². The summed E-state index contributed by atoms with van der Waals surface area (Å²) in [6.45, 7) is 2.19. The Balaban J connectivity index is 1.99. The van der Waals surface area contributed by atoms with Crippen LogP contribution in [-0.2, 0) is 13.8 Å². The van der Waals surface area contributed by atoms with E-state index in [1.54, 1.807) is 0 Å². The van der Waals surface area contributed by atoms with Gasteiger partial charge >= 0.3 is 5.97 Å². The number of thiophene rings is 1. The lowest BCUT2D eigenvalue weighted by atomic mass is 9.89. The van der Waals surface area contributed by atoms with Gasteiger partial charge in [0.1, 0.15) is 10.3 Å². The highest BCUT2D eigenvalue weighted by Gasteiger charge is 2.23. The Hall–Kier alpha value is -0.590. The summed E-state index contributed by atoms with van der Waals surface area (Å²) >= 11 is 0.926. The molecule has 4 nitrogen and oxygen atoms in total. The van der Waals surface area contributed by atoms with E-state index in [0.29, 0.717) is 5.92 Å². The number of carbonyl (C=O) groups excluding carboxylic acids is 1. The first-order valence-electron chi connectivity index (χ1n) is 6.10. The minimum atomic E-state index is -3.77. The van der Waals surface area contributed by atoms with Gasteiger partial charge in [-0.25, -0.2) is 13.2 Å². The largest absolute Gasteiger partial charge is 0.459 e. The van der Waals surface area contributed by atoms with Crippen molar-refractivity contribution in [1.29, 1.82) is 0 Å². The second kappa shape index (κ2) is 5.81. The first-order chi connectivity index (χ1) is 8.86. The maximum absolute atomic E-state index is 11.9. The van der Waals surface area contributed by atoms with E-state index in [0.717, 1.165) is 37.0 Å². The Kier molecular flexibility index (Phi) is 4.53. The smallest absolute Gasteiger partial charge is 0.339 e. The van der Waals surface area contributed by atoms with Crippen molar-refractivity contribution in [2.45, 2.75) is 42.9 Å². The average molecular weight is 323 g/mol. The first kappa shape index (κ1) is 14.8. The minimum absolute atomic E-state index is 0.0293. The normalized spacial score (nSPS) is 24.1. The molecule has 1 aromatic heterocycles. The van der Waals surface area contributed by atoms with Gasteiger partial charge in [0.15, 0.2) is 0 Å². The van der Waals surface area contributed by atoms with Crippen molar-refractivity contribution >= 4 is 37.0 Å². The van der Waals surface area contributed by atoms with Crippen LogP contribution >= 0.6 is 22.0 Å². The van der Waals surface area contributed by atoms with E-state index in [-0.39, 0.29) is 15.9 Å². The molecule has 0 aromatic carbocycles. The van der Waals surface area contributed by atoms with E-state index >= 15 is 0 Å². The van der Waals surface area contributed by atoms with Crippen molar-refractivity contribution in [3.05, 3.63) is 17.0 Å². The number of halogens is 1. The zero-order chi connectivity index (χ0) is 14.0. The molecular formula is C12H15ClO4S2. The third kappa shape index (κ3) is 3.94. The summed E-state index contributed by atoms with van der Waals surface area (Å²) in [5.74, 6) is 0.214. The summed E-state index contributed by atoms with van der Waals surface area (Å²) in [5, 5.41) is 1.46. The Bertz CT molecular complexity index is 556. The summed E-state index contributed by atoms with van der Waals surface area (Å²) < 4.78 is 27.6. The van der Waals surface area contributed by atoms with Crippen LogP contribution < -0.4 is 0 Å². The quantitative estimate of drug-likeness (QED) is 0.632. The molecule has 1 heterocycles. The lowest BCUT2D eigenvalue weighted by Gasteiger charge is -2.25. The fourth-order valence-electron chi connectivity index (χ4n) is 2.12. The van der Waals surface area contributed by atoms with Crippen molar-refractivity contribution in [2.24, 2.45) is 5.92 Å².